The Bertz CT molecular complexity index is 959. The van der Waals surface area contributed by atoms with E-state index in [-0.39, 0.29) is 11.5 Å². The minimum atomic E-state index is -0.452. The lowest BCUT2D eigenvalue weighted by Crippen LogP contribution is -2.20. The van der Waals surface area contributed by atoms with Crippen molar-refractivity contribution in [1.29, 1.82) is 0 Å². The number of hydrogen-bond donors (Lipinski definition) is 2. The molecule has 1 heterocycles. The molecule has 3 rings (SSSR count). The van der Waals surface area contributed by atoms with Crippen LogP contribution in [0, 0.1) is 5.82 Å². The highest BCUT2D eigenvalue weighted by Gasteiger charge is 2.25. The van der Waals surface area contributed by atoms with Gasteiger partial charge in [0.2, 0.25) is 0 Å². The number of amides is 3. The number of imide groups is 1. The number of methoxy groups -OCH3 is 1. The van der Waals surface area contributed by atoms with E-state index in [1.807, 2.05) is 0 Å². The molecule has 144 valence electrons. The summed E-state index contributed by atoms with van der Waals surface area (Å²) in [5.41, 5.74) is 1.08. The van der Waals surface area contributed by atoms with E-state index in [0.717, 1.165) is 11.8 Å². The fourth-order valence-electron chi connectivity index (χ4n) is 2.34. The van der Waals surface area contributed by atoms with Gasteiger partial charge in [0.25, 0.3) is 17.1 Å². The number of ether oxygens (including phenoxy) is 2. The van der Waals surface area contributed by atoms with Gasteiger partial charge in [-0.2, -0.15) is 0 Å². The third kappa shape index (κ3) is 4.89. The Morgan fingerprint density at radius 2 is 1.93 bits per heavy atom. The summed E-state index contributed by atoms with van der Waals surface area (Å²) in [5.74, 6) is -0.576. The Hall–Kier alpha value is -3.33. The number of anilines is 1. The second kappa shape index (κ2) is 8.57. The van der Waals surface area contributed by atoms with Crippen LogP contribution in [0.25, 0.3) is 6.08 Å². The van der Waals surface area contributed by atoms with Gasteiger partial charge in [-0.05, 0) is 59.8 Å². The first-order chi connectivity index (χ1) is 13.4. The number of rotatable bonds is 6. The lowest BCUT2D eigenvalue weighted by molar-refractivity contribution is -0.118. The van der Waals surface area contributed by atoms with Crippen LogP contribution < -0.4 is 20.1 Å². The average Bonchev–Trinajstić information content (AvgIpc) is 2.99. The standard InChI is InChI=1S/C19H15FN2O5S/c1-26-15-8-11(9-16-18(24)22-19(25)28-16)2-7-14(15)27-10-17(23)21-13-5-3-12(20)4-6-13/h2-9H,10H2,1H3,(H,21,23)(H,22,24,25)/b16-9-. The van der Waals surface area contributed by atoms with Crippen molar-refractivity contribution in [2.75, 3.05) is 19.0 Å². The number of hydrogen-bond acceptors (Lipinski definition) is 6. The fraction of sp³-hybridized carbons (Fsp3) is 0.105. The van der Waals surface area contributed by atoms with Crippen LogP contribution in [0.3, 0.4) is 0 Å². The third-order valence-electron chi connectivity index (χ3n) is 3.61. The predicted octanol–water partition coefficient (Wildman–Crippen LogP) is 3.18. The summed E-state index contributed by atoms with van der Waals surface area (Å²) >= 11 is 0.815. The summed E-state index contributed by atoms with van der Waals surface area (Å²) in [6, 6.07) is 10.2. The number of carbonyl (C=O) groups excluding carboxylic acids is 3. The van der Waals surface area contributed by atoms with E-state index in [2.05, 4.69) is 10.6 Å². The molecule has 0 saturated carbocycles. The monoisotopic (exact) mass is 402 g/mol. The molecule has 3 amide bonds. The topological polar surface area (TPSA) is 93.7 Å². The lowest BCUT2D eigenvalue weighted by Gasteiger charge is -2.11. The summed E-state index contributed by atoms with van der Waals surface area (Å²) in [7, 11) is 1.44. The highest BCUT2D eigenvalue weighted by Crippen LogP contribution is 2.31. The molecule has 0 spiro atoms. The molecule has 1 fully saturated rings. The number of halogens is 1. The molecule has 2 N–H and O–H groups in total. The van der Waals surface area contributed by atoms with Gasteiger partial charge in [0.05, 0.1) is 12.0 Å². The maximum Gasteiger partial charge on any atom is 0.290 e. The Balaban J connectivity index is 1.64. The number of carbonyl (C=O) groups is 3. The van der Waals surface area contributed by atoms with Gasteiger partial charge in [-0.1, -0.05) is 6.07 Å². The third-order valence-corrected chi connectivity index (χ3v) is 4.42. The van der Waals surface area contributed by atoms with Crippen LogP contribution in [0.4, 0.5) is 14.9 Å². The SMILES string of the molecule is COc1cc(/C=C2\SC(=O)NC2=O)ccc1OCC(=O)Nc1ccc(F)cc1. The Labute approximate surface area is 163 Å². The smallest absolute Gasteiger partial charge is 0.290 e. The van der Waals surface area contributed by atoms with E-state index in [4.69, 9.17) is 9.47 Å². The van der Waals surface area contributed by atoms with Gasteiger partial charge in [-0.25, -0.2) is 4.39 Å². The van der Waals surface area contributed by atoms with Crippen molar-refractivity contribution in [3.8, 4) is 11.5 Å². The largest absolute Gasteiger partial charge is 0.493 e. The van der Waals surface area contributed by atoms with Crippen LogP contribution in [0.1, 0.15) is 5.56 Å². The predicted molar refractivity (Wildman–Crippen MR) is 103 cm³/mol. The molecule has 0 bridgehead atoms. The molecule has 0 radical (unpaired) electrons. The second-order valence-electron chi connectivity index (χ2n) is 5.61. The van der Waals surface area contributed by atoms with E-state index in [0.29, 0.717) is 22.7 Å². The first kappa shape index (κ1) is 19.4. The molecular weight excluding hydrogens is 387 g/mol. The van der Waals surface area contributed by atoms with Crippen LogP contribution in [-0.4, -0.2) is 30.8 Å². The van der Waals surface area contributed by atoms with Crippen molar-refractivity contribution in [3.63, 3.8) is 0 Å². The summed E-state index contributed by atoms with van der Waals surface area (Å²) in [5, 5.41) is 4.34. The van der Waals surface area contributed by atoms with Crippen molar-refractivity contribution in [1.82, 2.24) is 5.32 Å². The van der Waals surface area contributed by atoms with Crippen LogP contribution in [0.5, 0.6) is 11.5 Å². The molecule has 0 atom stereocenters. The van der Waals surface area contributed by atoms with E-state index in [1.54, 1.807) is 24.3 Å². The molecule has 1 saturated heterocycles. The summed E-state index contributed by atoms with van der Waals surface area (Å²) in [6.07, 6.45) is 1.55. The van der Waals surface area contributed by atoms with Gasteiger partial charge in [0.15, 0.2) is 18.1 Å². The van der Waals surface area contributed by atoms with E-state index in [1.165, 1.54) is 31.4 Å². The Morgan fingerprint density at radius 1 is 1.18 bits per heavy atom. The van der Waals surface area contributed by atoms with Gasteiger partial charge < -0.3 is 14.8 Å². The normalized spacial score (nSPS) is 14.7. The van der Waals surface area contributed by atoms with Crippen LogP contribution >= 0.6 is 11.8 Å². The van der Waals surface area contributed by atoms with Crippen molar-refractivity contribution in [2.45, 2.75) is 0 Å². The molecule has 1 aliphatic heterocycles. The van der Waals surface area contributed by atoms with E-state index in [9.17, 15) is 18.8 Å². The zero-order valence-corrected chi connectivity index (χ0v) is 15.5. The Kier molecular flexibility index (Phi) is 5.95. The number of nitrogens with one attached hydrogen (secondary N) is 2. The zero-order chi connectivity index (χ0) is 20.1. The molecule has 0 unspecified atom stereocenters. The Morgan fingerprint density at radius 3 is 2.57 bits per heavy atom. The number of thioether (sulfide) groups is 1. The zero-order valence-electron chi connectivity index (χ0n) is 14.7. The summed E-state index contributed by atoms with van der Waals surface area (Å²) in [6.45, 7) is -0.277. The average molecular weight is 402 g/mol. The van der Waals surface area contributed by atoms with E-state index < -0.39 is 22.9 Å². The summed E-state index contributed by atoms with van der Waals surface area (Å²) < 4.78 is 23.6. The highest BCUT2D eigenvalue weighted by molar-refractivity contribution is 8.18. The van der Waals surface area contributed by atoms with Crippen molar-refractivity contribution < 1.29 is 28.2 Å². The van der Waals surface area contributed by atoms with Crippen LogP contribution in [0.15, 0.2) is 47.4 Å². The van der Waals surface area contributed by atoms with Gasteiger partial charge >= 0.3 is 0 Å². The minimum Gasteiger partial charge on any atom is -0.493 e. The quantitative estimate of drug-likeness (QED) is 0.721. The maximum absolute atomic E-state index is 12.9. The van der Waals surface area contributed by atoms with Gasteiger partial charge in [0.1, 0.15) is 5.82 Å². The molecule has 28 heavy (non-hydrogen) atoms. The second-order valence-corrected chi connectivity index (χ2v) is 6.62. The lowest BCUT2D eigenvalue weighted by atomic mass is 10.2. The molecule has 0 aromatic heterocycles. The first-order valence-corrected chi connectivity index (χ1v) is 8.87. The molecule has 9 heteroatoms. The number of benzene rings is 2. The molecule has 1 aliphatic rings. The van der Waals surface area contributed by atoms with E-state index >= 15 is 0 Å². The first-order valence-electron chi connectivity index (χ1n) is 8.06. The van der Waals surface area contributed by atoms with Crippen molar-refractivity contribution in [3.05, 3.63) is 58.8 Å². The van der Waals surface area contributed by atoms with Crippen molar-refractivity contribution >= 4 is 40.6 Å². The summed E-state index contributed by atoms with van der Waals surface area (Å²) in [4.78, 5) is 35.1. The fourth-order valence-corrected chi connectivity index (χ4v) is 3.02. The molecule has 2 aromatic carbocycles. The molecular formula is C19H15FN2O5S. The molecule has 0 aliphatic carbocycles. The van der Waals surface area contributed by atoms with Gasteiger partial charge in [-0.15, -0.1) is 0 Å². The molecule has 2 aromatic rings. The van der Waals surface area contributed by atoms with Crippen LogP contribution in [-0.2, 0) is 9.59 Å². The molecule has 7 nitrogen and oxygen atoms in total. The minimum absolute atomic E-state index is 0.277. The van der Waals surface area contributed by atoms with Gasteiger partial charge in [0, 0.05) is 5.69 Å². The maximum atomic E-state index is 12.9. The highest BCUT2D eigenvalue weighted by atomic mass is 32.2. The van der Waals surface area contributed by atoms with Gasteiger partial charge in [-0.3, -0.25) is 19.7 Å². The van der Waals surface area contributed by atoms with Crippen LogP contribution in [0.2, 0.25) is 0 Å². The van der Waals surface area contributed by atoms with Crippen molar-refractivity contribution in [2.24, 2.45) is 0 Å².